The van der Waals surface area contributed by atoms with Crippen molar-refractivity contribution in [2.24, 2.45) is 7.05 Å². The van der Waals surface area contributed by atoms with E-state index in [9.17, 15) is 0 Å². The third-order valence-electron chi connectivity index (χ3n) is 3.25. The lowest BCUT2D eigenvalue weighted by Gasteiger charge is -2.11. The van der Waals surface area contributed by atoms with E-state index in [1.54, 1.807) is 7.11 Å². The summed E-state index contributed by atoms with van der Waals surface area (Å²) in [5, 5.41) is 12.4. The number of hydrogen-bond acceptors (Lipinski definition) is 3. The van der Waals surface area contributed by atoms with Gasteiger partial charge in [0.2, 0.25) is 0 Å². The number of benzene rings is 1. The highest BCUT2D eigenvalue weighted by Crippen LogP contribution is 2.17. The number of ether oxygens (including phenoxy) is 1. The quantitative estimate of drug-likeness (QED) is 0.877. The lowest BCUT2D eigenvalue weighted by atomic mass is 10.1. The zero-order valence-corrected chi connectivity index (χ0v) is 11.9. The maximum atomic E-state index is 8.95. The van der Waals surface area contributed by atoms with Gasteiger partial charge in [-0.1, -0.05) is 18.2 Å². The predicted molar refractivity (Wildman–Crippen MR) is 79.5 cm³/mol. The van der Waals surface area contributed by atoms with Gasteiger partial charge in [-0.25, -0.2) is 0 Å². The van der Waals surface area contributed by atoms with Crippen LogP contribution in [0.1, 0.15) is 16.8 Å². The second-order valence-corrected chi connectivity index (χ2v) is 4.71. The van der Waals surface area contributed by atoms with E-state index >= 15 is 0 Å². The van der Waals surface area contributed by atoms with Crippen molar-refractivity contribution in [1.82, 2.24) is 4.57 Å². The van der Waals surface area contributed by atoms with Crippen molar-refractivity contribution in [2.45, 2.75) is 13.0 Å². The molecule has 1 aromatic heterocycles. The van der Waals surface area contributed by atoms with Crippen LogP contribution in [-0.2, 0) is 24.8 Å². The van der Waals surface area contributed by atoms with Crippen molar-refractivity contribution in [1.29, 1.82) is 5.26 Å². The highest BCUT2D eigenvalue weighted by molar-refractivity contribution is 5.51. The average molecular weight is 269 g/mol. The molecule has 2 aromatic rings. The monoisotopic (exact) mass is 269 g/mol. The van der Waals surface area contributed by atoms with E-state index < -0.39 is 0 Å². The summed E-state index contributed by atoms with van der Waals surface area (Å²) in [4.78, 5) is 0. The molecule has 0 atom stereocenters. The summed E-state index contributed by atoms with van der Waals surface area (Å²) in [6.45, 7) is 1.42. The lowest BCUT2D eigenvalue weighted by Crippen LogP contribution is -2.03. The van der Waals surface area contributed by atoms with E-state index in [0.29, 0.717) is 18.8 Å². The number of rotatable bonds is 6. The standard InChI is InChI=1S/C16H19N3O/c1-19-12-13(9-15(19)10-17)11-18-16-6-4-3-5-14(16)7-8-20-2/h3-6,9,12,18H,7-8,11H2,1-2H3. The van der Waals surface area contributed by atoms with Crippen LogP contribution in [0.5, 0.6) is 0 Å². The van der Waals surface area contributed by atoms with Crippen molar-refractivity contribution in [3.8, 4) is 6.07 Å². The molecule has 1 N–H and O–H groups in total. The van der Waals surface area contributed by atoms with E-state index in [4.69, 9.17) is 10.00 Å². The van der Waals surface area contributed by atoms with E-state index in [1.807, 2.05) is 36.0 Å². The van der Waals surface area contributed by atoms with Gasteiger partial charge in [-0.2, -0.15) is 5.26 Å². The smallest absolute Gasteiger partial charge is 0.120 e. The molecule has 0 unspecified atom stereocenters. The molecule has 0 amide bonds. The minimum absolute atomic E-state index is 0.675. The number of para-hydroxylation sites is 1. The molecule has 4 heteroatoms. The van der Waals surface area contributed by atoms with Gasteiger partial charge in [0, 0.05) is 32.6 Å². The summed E-state index contributed by atoms with van der Waals surface area (Å²) in [7, 11) is 3.60. The molecular formula is C16H19N3O. The Morgan fingerprint density at radius 3 is 2.85 bits per heavy atom. The number of nitriles is 1. The molecule has 1 heterocycles. The van der Waals surface area contributed by atoms with Crippen LogP contribution in [-0.4, -0.2) is 18.3 Å². The SMILES string of the molecule is COCCc1ccccc1NCc1cc(C#N)n(C)c1. The molecule has 1 aromatic carbocycles. The Morgan fingerprint density at radius 1 is 1.35 bits per heavy atom. The fourth-order valence-corrected chi connectivity index (χ4v) is 2.16. The summed E-state index contributed by atoms with van der Waals surface area (Å²) < 4.78 is 6.97. The Hall–Kier alpha value is -2.25. The number of anilines is 1. The third-order valence-corrected chi connectivity index (χ3v) is 3.25. The van der Waals surface area contributed by atoms with Gasteiger partial charge >= 0.3 is 0 Å². The van der Waals surface area contributed by atoms with Crippen LogP contribution in [0.3, 0.4) is 0 Å². The van der Waals surface area contributed by atoms with Crippen LogP contribution < -0.4 is 5.32 Å². The van der Waals surface area contributed by atoms with Gasteiger partial charge in [0.25, 0.3) is 0 Å². The summed E-state index contributed by atoms with van der Waals surface area (Å²) >= 11 is 0. The maximum Gasteiger partial charge on any atom is 0.120 e. The molecule has 20 heavy (non-hydrogen) atoms. The molecule has 104 valence electrons. The molecule has 0 aliphatic heterocycles. The van der Waals surface area contributed by atoms with Crippen LogP contribution in [0.25, 0.3) is 0 Å². The predicted octanol–water partition coefficient (Wildman–Crippen LogP) is 2.70. The Balaban J connectivity index is 2.05. The molecule has 0 bridgehead atoms. The Bertz CT molecular complexity index is 610. The van der Waals surface area contributed by atoms with Crippen LogP contribution in [0.15, 0.2) is 36.5 Å². The normalized spacial score (nSPS) is 10.2. The largest absolute Gasteiger partial charge is 0.384 e. The number of nitrogens with one attached hydrogen (secondary N) is 1. The van der Waals surface area contributed by atoms with Crippen molar-refractivity contribution >= 4 is 5.69 Å². The van der Waals surface area contributed by atoms with Gasteiger partial charge < -0.3 is 14.6 Å². The molecule has 4 nitrogen and oxygen atoms in total. The first-order valence-electron chi connectivity index (χ1n) is 6.60. The van der Waals surface area contributed by atoms with Crippen LogP contribution in [0.2, 0.25) is 0 Å². The van der Waals surface area contributed by atoms with Crippen LogP contribution >= 0.6 is 0 Å². The van der Waals surface area contributed by atoms with E-state index in [0.717, 1.165) is 17.7 Å². The summed E-state index contributed by atoms with van der Waals surface area (Å²) in [6, 6.07) is 12.3. The van der Waals surface area contributed by atoms with Crippen molar-refractivity contribution in [3.63, 3.8) is 0 Å². The van der Waals surface area contributed by atoms with Crippen LogP contribution in [0.4, 0.5) is 5.69 Å². The summed E-state index contributed by atoms with van der Waals surface area (Å²) in [5.41, 5.74) is 4.14. The fourth-order valence-electron chi connectivity index (χ4n) is 2.16. The summed E-state index contributed by atoms with van der Waals surface area (Å²) in [5.74, 6) is 0. The van der Waals surface area contributed by atoms with E-state index in [-0.39, 0.29) is 0 Å². The third kappa shape index (κ3) is 3.40. The van der Waals surface area contributed by atoms with Gasteiger partial charge in [0.1, 0.15) is 11.8 Å². The van der Waals surface area contributed by atoms with Gasteiger partial charge in [-0.15, -0.1) is 0 Å². The fraction of sp³-hybridized carbons (Fsp3) is 0.312. The molecule has 0 aliphatic carbocycles. The van der Waals surface area contributed by atoms with E-state index in [2.05, 4.69) is 23.5 Å². The second-order valence-electron chi connectivity index (χ2n) is 4.71. The number of methoxy groups -OCH3 is 1. The Kier molecular flexibility index (Phi) is 4.80. The van der Waals surface area contributed by atoms with Gasteiger partial charge in [0.15, 0.2) is 0 Å². The number of aryl methyl sites for hydroxylation is 1. The number of aromatic nitrogens is 1. The maximum absolute atomic E-state index is 8.95. The van der Waals surface area contributed by atoms with Gasteiger partial charge in [-0.3, -0.25) is 0 Å². The van der Waals surface area contributed by atoms with E-state index in [1.165, 1.54) is 5.56 Å². The molecule has 0 saturated carbocycles. The number of hydrogen-bond donors (Lipinski definition) is 1. The first-order valence-corrected chi connectivity index (χ1v) is 6.60. The first-order chi connectivity index (χ1) is 9.74. The van der Waals surface area contributed by atoms with Gasteiger partial charge in [0.05, 0.1) is 6.61 Å². The Morgan fingerprint density at radius 2 is 2.15 bits per heavy atom. The molecule has 0 aliphatic rings. The minimum Gasteiger partial charge on any atom is -0.384 e. The number of nitrogens with zero attached hydrogens (tertiary/aromatic N) is 2. The van der Waals surface area contributed by atoms with Crippen molar-refractivity contribution in [3.05, 3.63) is 53.3 Å². The van der Waals surface area contributed by atoms with Gasteiger partial charge in [-0.05, 0) is 29.7 Å². The molecule has 0 fully saturated rings. The van der Waals surface area contributed by atoms with Crippen molar-refractivity contribution < 1.29 is 4.74 Å². The molecule has 0 saturated heterocycles. The topological polar surface area (TPSA) is 50.0 Å². The zero-order valence-electron chi connectivity index (χ0n) is 11.9. The summed E-state index contributed by atoms with van der Waals surface area (Å²) in [6.07, 6.45) is 2.86. The lowest BCUT2D eigenvalue weighted by molar-refractivity contribution is 0.202. The van der Waals surface area contributed by atoms with Crippen LogP contribution in [0, 0.1) is 11.3 Å². The minimum atomic E-state index is 0.675. The second kappa shape index (κ2) is 6.78. The molecule has 0 radical (unpaired) electrons. The molecule has 2 rings (SSSR count). The first kappa shape index (κ1) is 14.2. The van der Waals surface area contributed by atoms with Crippen molar-refractivity contribution in [2.75, 3.05) is 19.0 Å². The highest BCUT2D eigenvalue weighted by Gasteiger charge is 2.04. The Labute approximate surface area is 119 Å². The molecular weight excluding hydrogens is 250 g/mol. The zero-order chi connectivity index (χ0) is 14.4. The molecule has 0 spiro atoms. The average Bonchev–Trinajstić information content (AvgIpc) is 2.84. The highest BCUT2D eigenvalue weighted by atomic mass is 16.5.